The summed E-state index contributed by atoms with van der Waals surface area (Å²) in [6, 6.07) is 11.1. The van der Waals surface area contributed by atoms with Gasteiger partial charge >= 0.3 is 0 Å². The number of aromatic nitrogens is 2. The number of aliphatic imine (C=N–C) groups is 1. The van der Waals surface area contributed by atoms with Gasteiger partial charge in [0.2, 0.25) is 0 Å². The van der Waals surface area contributed by atoms with Crippen molar-refractivity contribution in [1.29, 1.82) is 0 Å². The van der Waals surface area contributed by atoms with Gasteiger partial charge in [0, 0.05) is 31.7 Å². The molecule has 1 aromatic heterocycles. The third kappa shape index (κ3) is 3.73. The quantitative estimate of drug-likeness (QED) is 0.658. The molecule has 1 saturated carbocycles. The Kier molecular flexibility index (Phi) is 4.65. The Hall–Kier alpha value is -2.30. The van der Waals surface area contributed by atoms with Crippen LogP contribution < -0.4 is 10.6 Å². The Morgan fingerprint density at radius 2 is 2.17 bits per heavy atom. The third-order valence-corrected chi connectivity index (χ3v) is 4.37. The first-order valence-electron chi connectivity index (χ1n) is 8.26. The maximum atomic E-state index is 4.68. The summed E-state index contributed by atoms with van der Waals surface area (Å²) in [5.74, 6) is 1.48. The molecule has 1 aliphatic carbocycles. The van der Waals surface area contributed by atoms with Gasteiger partial charge in [0.05, 0.1) is 12.2 Å². The van der Waals surface area contributed by atoms with Gasteiger partial charge in [-0.15, -0.1) is 0 Å². The number of guanidine groups is 1. The van der Waals surface area contributed by atoms with E-state index < -0.39 is 0 Å². The van der Waals surface area contributed by atoms with Crippen molar-refractivity contribution < 1.29 is 0 Å². The number of rotatable bonds is 5. The van der Waals surface area contributed by atoms with Crippen LogP contribution in [0.5, 0.6) is 0 Å². The van der Waals surface area contributed by atoms with Crippen molar-refractivity contribution in [3.8, 4) is 0 Å². The number of nitrogens with one attached hydrogen (secondary N) is 2. The molecule has 0 spiro atoms. The summed E-state index contributed by atoms with van der Waals surface area (Å²) in [5, 5.41) is 11.1. The summed E-state index contributed by atoms with van der Waals surface area (Å²) in [7, 11) is 1.94. The van der Waals surface area contributed by atoms with E-state index >= 15 is 0 Å². The zero-order valence-electron chi connectivity index (χ0n) is 14.1. The van der Waals surface area contributed by atoms with Gasteiger partial charge in [0.1, 0.15) is 0 Å². The third-order valence-electron chi connectivity index (χ3n) is 4.37. The molecule has 23 heavy (non-hydrogen) atoms. The first kappa shape index (κ1) is 15.6. The standard InChI is InChI=1S/C18H25N5/c1-4-19-18(20-12-14-9-10-21-23(14)3)22-17-11-16(17)15-8-6-5-7-13(15)2/h5-10,16-17H,4,11-12H2,1-3H3,(H2,19,20,22). The van der Waals surface area contributed by atoms with Crippen LogP contribution in [0, 0.1) is 6.92 Å². The highest BCUT2D eigenvalue weighted by Gasteiger charge is 2.39. The van der Waals surface area contributed by atoms with Crippen molar-refractivity contribution in [2.45, 2.75) is 38.8 Å². The first-order valence-corrected chi connectivity index (χ1v) is 8.26. The van der Waals surface area contributed by atoms with Crippen LogP contribution in [0.25, 0.3) is 0 Å². The van der Waals surface area contributed by atoms with E-state index in [1.54, 1.807) is 6.20 Å². The van der Waals surface area contributed by atoms with Crippen LogP contribution in [0.4, 0.5) is 0 Å². The SMILES string of the molecule is CCNC(=NCc1ccnn1C)NC1CC1c1ccccc1C. The smallest absolute Gasteiger partial charge is 0.191 e. The second-order valence-corrected chi connectivity index (χ2v) is 6.09. The molecular formula is C18H25N5. The van der Waals surface area contributed by atoms with E-state index in [1.165, 1.54) is 17.5 Å². The normalized spacial score (nSPS) is 20.4. The van der Waals surface area contributed by atoms with Gasteiger partial charge in [-0.2, -0.15) is 5.10 Å². The minimum atomic E-state index is 0.473. The summed E-state index contributed by atoms with van der Waals surface area (Å²) >= 11 is 0. The number of hydrogen-bond acceptors (Lipinski definition) is 2. The lowest BCUT2D eigenvalue weighted by Crippen LogP contribution is -2.39. The predicted molar refractivity (Wildman–Crippen MR) is 93.5 cm³/mol. The molecule has 1 heterocycles. The van der Waals surface area contributed by atoms with Crippen LogP contribution in [0.2, 0.25) is 0 Å². The molecule has 0 radical (unpaired) electrons. The molecule has 2 atom stereocenters. The van der Waals surface area contributed by atoms with Crippen molar-refractivity contribution in [3.63, 3.8) is 0 Å². The monoisotopic (exact) mass is 311 g/mol. The lowest BCUT2D eigenvalue weighted by Gasteiger charge is -2.12. The zero-order chi connectivity index (χ0) is 16.2. The molecule has 1 fully saturated rings. The van der Waals surface area contributed by atoms with Crippen molar-refractivity contribution in [2.75, 3.05) is 6.54 Å². The van der Waals surface area contributed by atoms with E-state index in [0.29, 0.717) is 18.5 Å². The molecule has 1 aromatic carbocycles. The summed E-state index contributed by atoms with van der Waals surface area (Å²) in [4.78, 5) is 4.68. The van der Waals surface area contributed by atoms with Gasteiger partial charge in [-0.25, -0.2) is 4.99 Å². The molecule has 0 bridgehead atoms. The second-order valence-electron chi connectivity index (χ2n) is 6.09. The molecule has 2 N–H and O–H groups in total. The van der Waals surface area contributed by atoms with Crippen LogP contribution in [0.1, 0.15) is 36.1 Å². The second kappa shape index (κ2) is 6.86. The van der Waals surface area contributed by atoms with Crippen molar-refractivity contribution in [3.05, 3.63) is 53.3 Å². The fourth-order valence-corrected chi connectivity index (χ4v) is 2.91. The molecule has 2 aromatic rings. The van der Waals surface area contributed by atoms with Crippen LogP contribution in [0.15, 0.2) is 41.5 Å². The highest BCUT2D eigenvalue weighted by Crippen LogP contribution is 2.41. The van der Waals surface area contributed by atoms with Gasteiger partial charge in [0.25, 0.3) is 0 Å². The van der Waals surface area contributed by atoms with Crippen molar-refractivity contribution >= 4 is 5.96 Å². The summed E-state index contributed by atoms with van der Waals surface area (Å²) in [5.41, 5.74) is 3.93. The average Bonchev–Trinajstić information content (AvgIpc) is 3.17. The van der Waals surface area contributed by atoms with Crippen molar-refractivity contribution in [1.82, 2.24) is 20.4 Å². The number of aryl methyl sites for hydroxylation is 2. The number of benzene rings is 1. The molecule has 3 rings (SSSR count). The number of hydrogen-bond donors (Lipinski definition) is 2. The summed E-state index contributed by atoms with van der Waals surface area (Å²) in [6.07, 6.45) is 2.97. The van der Waals surface area contributed by atoms with E-state index in [0.717, 1.165) is 18.2 Å². The average molecular weight is 311 g/mol. The highest BCUT2D eigenvalue weighted by molar-refractivity contribution is 5.80. The van der Waals surface area contributed by atoms with Crippen LogP contribution in [0.3, 0.4) is 0 Å². The Morgan fingerprint density at radius 3 is 2.87 bits per heavy atom. The Labute approximate surface area is 137 Å². The summed E-state index contributed by atoms with van der Waals surface area (Å²) in [6.45, 7) is 5.77. The molecule has 5 nitrogen and oxygen atoms in total. The largest absolute Gasteiger partial charge is 0.357 e. The van der Waals surface area contributed by atoms with E-state index in [9.17, 15) is 0 Å². The lowest BCUT2D eigenvalue weighted by atomic mass is 10.0. The van der Waals surface area contributed by atoms with E-state index in [1.807, 2.05) is 17.8 Å². The van der Waals surface area contributed by atoms with E-state index in [4.69, 9.17) is 0 Å². The molecule has 0 aliphatic heterocycles. The summed E-state index contributed by atoms with van der Waals surface area (Å²) < 4.78 is 1.86. The van der Waals surface area contributed by atoms with Crippen LogP contribution in [-0.2, 0) is 13.6 Å². The minimum absolute atomic E-state index is 0.473. The fraction of sp³-hybridized carbons (Fsp3) is 0.444. The van der Waals surface area contributed by atoms with Gasteiger partial charge in [-0.05, 0) is 37.5 Å². The lowest BCUT2D eigenvalue weighted by molar-refractivity contribution is 0.706. The molecule has 0 amide bonds. The van der Waals surface area contributed by atoms with Gasteiger partial charge in [-0.1, -0.05) is 24.3 Å². The van der Waals surface area contributed by atoms with E-state index in [-0.39, 0.29) is 0 Å². The number of nitrogens with zero attached hydrogens (tertiary/aromatic N) is 3. The molecule has 2 unspecified atom stereocenters. The van der Waals surface area contributed by atoms with Crippen LogP contribution in [-0.4, -0.2) is 28.3 Å². The molecular weight excluding hydrogens is 286 g/mol. The maximum absolute atomic E-state index is 4.68. The van der Waals surface area contributed by atoms with Gasteiger partial charge in [-0.3, -0.25) is 4.68 Å². The fourth-order valence-electron chi connectivity index (χ4n) is 2.91. The van der Waals surface area contributed by atoms with Crippen LogP contribution >= 0.6 is 0 Å². The Morgan fingerprint density at radius 1 is 1.35 bits per heavy atom. The van der Waals surface area contributed by atoms with Gasteiger partial charge in [0.15, 0.2) is 5.96 Å². The molecule has 5 heteroatoms. The molecule has 0 saturated heterocycles. The Balaban J connectivity index is 1.62. The van der Waals surface area contributed by atoms with E-state index in [2.05, 4.69) is 58.8 Å². The van der Waals surface area contributed by atoms with Crippen molar-refractivity contribution in [2.24, 2.45) is 12.0 Å². The zero-order valence-corrected chi connectivity index (χ0v) is 14.1. The maximum Gasteiger partial charge on any atom is 0.191 e. The highest BCUT2D eigenvalue weighted by atomic mass is 15.3. The minimum Gasteiger partial charge on any atom is -0.357 e. The Bertz CT molecular complexity index is 688. The first-order chi connectivity index (χ1) is 11.2. The van der Waals surface area contributed by atoms with Gasteiger partial charge < -0.3 is 10.6 Å². The predicted octanol–water partition coefficient (Wildman–Crippen LogP) is 2.34. The molecule has 1 aliphatic rings. The molecule has 122 valence electrons. The topological polar surface area (TPSA) is 54.2 Å².